The summed E-state index contributed by atoms with van der Waals surface area (Å²) in [4.78, 5) is 29.3. The molecule has 5 aromatic rings. The van der Waals surface area contributed by atoms with Crippen LogP contribution in [0, 0.1) is 0 Å². The fourth-order valence-electron chi connectivity index (χ4n) is 4.46. The number of aromatic nitrogens is 1. The first kappa shape index (κ1) is 30.0. The van der Waals surface area contributed by atoms with Crippen LogP contribution >= 0.6 is 34.8 Å². The Morgan fingerprint density at radius 3 is 2.47 bits per heavy atom. The highest BCUT2D eigenvalue weighted by Crippen LogP contribution is 2.39. The quantitative estimate of drug-likeness (QED) is 0.0735. The highest BCUT2D eigenvalue weighted by molar-refractivity contribution is 6.36. The van der Waals surface area contributed by atoms with Crippen LogP contribution in [0.25, 0.3) is 22.0 Å². The number of para-hydroxylation sites is 1. The Labute approximate surface area is 262 Å². The minimum absolute atomic E-state index is 0.160. The van der Waals surface area contributed by atoms with Gasteiger partial charge in [-0.2, -0.15) is 5.10 Å². The zero-order valence-corrected chi connectivity index (χ0v) is 25.2. The number of hydrogen-bond acceptors (Lipinski definition) is 6. The lowest BCUT2D eigenvalue weighted by molar-refractivity contribution is 0.0728. The summed E-state index contributed by atoms with van der Waals surface area (Å²) in [6, 6.07) is 22.2. The van der Waals surface area contributed by atoms with Crippen LogP contribution < -0.4 is 19.6 Å². The van der Waals surface area contributed by atoms with E-state index >= 15 is 0 Å². The van der Waals surface area contributed by atoms with E-state index in [1.54, 1.807) is 50.4 Å². The van der Waals surface area contributed by atoms with E-state index in [4.69, 9.17) is 49.0 Å². The number of methoxy groups -OCH3 is 1. The molecule has 0 atom stereocenters. The molecule has 8 nitrogen and oxygen atoms in total. The molecule has 0 fully saturated rings. The first-order valence-electron chi connectivity index (χ1n) is 13.0. The normalized spacial score (nSPS) is 11.1. The molecule has 0 aliphatic carbocycles. The number of rotatable bonds is 9. The number of hydrazone groups is 1. The fraction of sp³-hybridized carbons (Fsp3) is 0.0938. The molecule has 11 heteroatoms. The van der Waals surface area contributed by atoms with Crippen LogP contribution in [0.4, 0.5) is 0 Å². The SMILES string of the molecule is CCOc1cc(C=NNC(=O)c2[nH]c3c(OC)cccc3c2-c2ccccc2Cl)ccc1OC(=O)c1ccc(Cl)cc1Cl. The third-order valence-corrected chi connectivity index (χ3v) is 7.26. The van der Waals surface area contributed by atoms with Gasteiger partial charge in [-0.25, -0.2) is 10.2 Å². The Balaban J connectivity index is 1.39. The molecule has 0 unspecified atom stereocenters. The maximum absolute atomic E-state index is 13.4. The Hall–Kier alpha value is -4.50. The zero-order chi connectivity index (χ0) is 30.5. The van der Waals surface area contributed by atoms with Crippen molar-refractivity contribution in [1.29, 1.82) is 0 Å². The number of hydrogen-bond donors (Lipinski definition) is 2. The number of H-pyrrole nitrogens is 1. The summed E-state index contributed by atoms with van der Waals surface area (Å²) < 4.78 is 16.7. The van der Waals surface area contributed by atoms with Crippen molar-refractivity contribution in [2.45, 2.75) is 6.92 Å². The molecule has 43 heavy (non-hydrogen) atoms. The molecule has 1 amide bonds. The number of carbonyl (C=O) groups is 2. The fourth-order valence-corrected chi connectivity index (χ4v) is 5.18. The van der Waals surface area contributed by atoms with Crippen molar-refractivity contribution in [3.63, 3.8) is 0 Å². The van der Waals surface area contributed by atoms with Crippen molar-refractivity contribution in [2.24, 2.45) is 5.10 Å². The predicted octanol–water partition coefficient (Wildman–Crippen LogP) is 8.19. The minimum atomic E-state index is -0.666. The second-order valence-electron chi connectivity index (χ2n) is 9.09. The standard InChI is InChI=1S/C32H24Cl3N3O5/c1-3-42-27-15-18(11-14-25(27)43-32(40)21-13-12-19(33)16-24(21)35)17-36-38-31(39)30-28(20-7-4-5-9-23(20)34)22-8-6-10-26(41-2)29(22)37-30/h4-17,37H,3H2,1-2H3,(H,38,39). The summed E-state index contributed by atoms with van der Waals surface area (Å²) in [5, 5.41) is 5.98. The average molecular weight is 637 g/mol. The molecule has 4 aromatic carbocycles. The number of esters is 1. The molecule has 0 aliphatic rings. The molecule has 0 radical (unpaired) electrons. The lowest BCUT2D eigenvalue weighted by atomic mass is 10.0. The topological polar surface area (TPSA) is 102 Å². The van der Waals surface area contributed by atoms with E-state index in [1.807, 2.05) is 30.3 Å². The largest absolute Gasteiger partial charge is 0.495 e. The summed E-state index contributed by atoms with van der Waals surface area (Å²) >= 11 is 18.6. The first-order valence-corrected chi connectivity index (χ1v) is 14.1. The van der Waals surface area contributed by atoms with Gasteiger partial charge in [-0.3, -0.25) is 4.79 Å². The number of fused-ring (bicyclic) bond motifs is 1. The van der Waals surface area contributed by atoms with Gasteiger partial charge in [0.05, 0.1) is 36.0 Å². The van der Waals surface area contributed by atoms with E-state index in [2.05, 4.69) is 15.5 Å². The van der Waals surface area contributed by atoms with Crippen molar-refractivity contribution in [3.05, 3.63) is 111 Å². The van der Waals surface area contributed by atoms with Gasteiger partial charge in [-0.15, -0.1) is 0 Å². The Bertz CT molecular complexity index is 1870. The van der Waals surface area contributed by atoms with Gasteiger partial charge in [0.25, 0.3) is 5.91 Å². The maximum Gasteiger partial charge on any atom is 0.345 e. The summed E-state index contributed by atoms with van der Waals surface area (Å²) in [7, 11) is 1.56. The van der Waals surface area contributed by atoms with Crippen molar-refractivity contribution in [1.82, 2.24) is 10.4 Å². The summed E-state index contributed by atoms with van der Waals surface area (Å²) in [6.45, 7) is 2.12. The second kappa shape index (κ2) is 13.2. The van der Waals surface area contributed by atoms with Gasteiger partial charge in [0.15, 0.2) is 11.5 Å². The number of nitrogens with one attached hydrogen (secondary N) is 2. The Kier molecular flexibility index (Phi) is 9.21. The van der Waals surface area contributed by atoms with E-state index in [9.17, 15) is 9.59 Å². The molecule has 0 bridgehead atoms. The smallest absolute Gasteiger partial charge is 0.345 e. The van der Waals surface area contributed by atoms with Crippen LogP contribution in [0.3, 0.4) is 0 Å². The highest BCUT2D eigenvalue weighted by Gasteiger charge is 2.22. The van der Waals surface area contributed by atoms with Crippen molar-refractivity contribution >= 4 is 63.8 Å². The van der Waals surface area contributed by atoms with E-state index in [0.717, 1.165) is 5.39 Å². The monoisotopic (exact) mass is 635 g/mol. The van der Waals surface area contributed by atoms with Crippen molar-refractivity contribution < 1.29 is 23.8 Å². The average Bonchev–Trinajstić information content (AvgIpc) is 3.38. The van der Waals surface area contributed by atoms with Crippen molar-refractivity contribution in [3.8, 4) is 28.4 Å². The van der Waals surface area contributed by atoms with Gasteiger partial charge in [0, 0.05) is 26.6 Å². The van der Waals surface area contributed by atoms with Gasteiger partial charge in [0.1, 0.15) is 11.4 Å². The van der Waals surface area contributed by atoms with Gasteiger partial charge in [-0.05, 0) is 61.0 Å². The summed E-state index contributed by atoms with van der Waals surface area (Å²) in [5.41, 5.74) is 5.54. The van der Waals surface area contributed by atoms with Crippen LogP contribution in [-0.2, 0) is 0 Å². The minimum Gasteiger partial charge on any atom is -0.495 e. The summed E-state index contributed by atoms with van der Waals surface area (Å²) in [6.07, 6.45) is 1.44. The highest BCUT2D eigenvalue weighted by atomic mass is 35.5. The summed E-state index contributed by atoms with van der Waals surface area (Å²) in [5.74, 6) is -0.0771. The third kappa shape index (κ3) is 6.46. The maximum atomic E-state index is 13.4. The van der Waals surface area contributed by atoms with Gasteiger partial charge in [-0.1, -0.05) is 65.1 Å². The van der Waals surface area contributed by atoms with Gasteiger partial charge >= 0.3 is 5.97 Å². The number of halogens is 3. The van der Waals surface area contributed by atoms with Crippen LogP contribution in [0.5, 0.6) is 17.2 Å². The Morgan fingerprint density at radius 2 is 1.72 bits per heavy atom. The van der Waals surface area contributed by atoms with E-state index in [0.29, 0.717) is 50.4 Å². The number of benzene rings is 4. The first-order chi connectivity index (χ1) is 20.8. The van der Waals surface area contributed by atoms with Crippen LogP contribution in [0.15, 0.2) is 84.0 Å². The zero-order valence-electron chi connectivity index (χ0n) is 22.9. The third-order valence-electron chi connectivity index (χ3n) is 6.39. The molecule has 0 saturated heterocycles. The molecule has 2 N–H and O–H groups in total. The molecule has 0 saturated carbocycles. The molecular formula is C32H24Cl3N3O5. The molecular weight excluding hydrogens is 613 g/mol. The molecule has 218 valence electrons. The number of carbonyl (C=O) groups excluding carboxylic acids is 2. The molecule has 0 aliphatic heterocycles. The van der Waals surface area contributed by atoms with Gasteiger partial charge in [0.2, 0.25) is 0 Å². The van der Waals surface area contributed by atoms with Crippen LogP contribution in [0.2, 0.25) is 15.1 Å². The van der Waals surface area contributed by atoms with Crippen LogP contribution in [0.1, 0.15) is 33.3 Å². The Morgan fingerprint density at radius 1 is 0.907 bits per heavy atom. The van der Waals surface area contributed by atoms with Crippen LogP contribution in [-0.4, -0.2) is 36.8 Å². The predicted molar refractivity (Wildman–Crippen MR) is 169 cm³/mol. The number of nitrogens with zero attached hydrogens (tertiary/aromatic N) is 1. The lowest BCUT2D eigenvalue weighted by Crippen LogP contribution is -2.19. The number of amides is 1. The second-order valence-corrected chi connectivity index (χ2v) is 10.3. The van der Waals surface area contributed by atoms with E-state index in [1.165, 1.54) is 18.3 Å². The number of ether oxygens (including phenoxy) is 3. The van der Waals surface area contributed by atoms with Crippen molar-refractivity contribution in [2.75, 3.05) is 13.7 Å². The van der Waals surface area contributed by atoms with Gasteiger partial charge < -0.3 is 19.2 Å². The molecule has 1 heterocycles. The van der Waals surface area contributed by atoms with E-state index < -0.39 is 11.9 Å². The number of aromatic amines is 1. The molecule has 0 spiro atoms. The molecule has 1 aromatic heterocycles. The lowest BCUT2D eigenvalue weighted by Gasteiger charge is -2.12. The molecule has 5 rings (SSSR count). The van der Waals surface area contributed by atoms with E-state index in [-0.39, 0.29) is 22.0 Å².